The summed E-state index contributed by atoms with van der Waals surface area (Å²) in [6.45, 7) is 5.33. The summed E-state index contributed by atoms with van der Waals surface area (Å²) in [5, 5.41) is 3.60. The van der Waals surface area contributed by atoms with Gasteiger partial charge in [-0.1, -0.05) is 45.4 Å². The number of nitrogens with one attached hydrogen (secondary N) is 1. The van der Waals surface area contributed by atoms with Gasteiger partial charge >= 0.3 is 0 Å². The predicted octanol–water partition coefficient (Wildman–Crippen LogP) is 6.07. The molecule has 25 heavy (non-hydrogen) atoms. The van der Waals surface area contributed by atoms with E-state index in [1.54, 1.807) is 12.5 Å². The average Bonchev–Trinajstić information content (AvgIpc) is 3.24. The number of pyridine rings is 1. The zero-order valence-corrected chi connectivity index (χ0v) is 15.4. The molecule has 3 heterocycles. The van der Waals surface area contributed by atoms with E-state index < -0.39 is 0 Å². The summed E-state index contributed by atoms with van der Waals surface area (Å²) in [6.07, 6.45) is 14.8. The SMILES string of the molecule is CCCCCCCCCNc1c(-c2ccoc2)nc2cc(C)ccn12. The maximum Gasteiger partial charge on any atom is 0.139 e. The molecule has 0 fully saturated rings. The molecule has 0 atom stereocenters. The van der Waals surface area contributed by atoms with Gasteiger partial charge in [-0.25, -0.2) is 4.98 Å². The second kappa shape index (κ2) is 8.75. The lowest BCUT2D eigenvalue weighted by Crippen LogP contribution is -2.05. The number of nitrogens with zero attached hydrogens (tertiary/aromatic N) is 2. The van der Waals surface area contributed by atoms with E-state index in [1.807, 2.05) is 6.07 Å². The van der Waals surface area contributed by atoms with E-state index in [-0.39, 0.29) is 0 Å². The summed E-state index contributed by atoms with van der Waals surface area (Å²) in [7, 11) is 0. The number of unbranched alkanes of at least 4 members (excludes halogenated alkanes) is 6. The van der Waals surface area contributed by atoms with Gasteiger partial charge in [0.15, 0.2) is 0 Å². The Bertz CT molecular complexity index is 774. The van der Waals surface area contributed by atoms with Crippen molar-refractivity contribution in [3.8, 4) is 11.3 Å². The van der Waals surface area contributed by atoms with Crippen LogP contribution in [0.3, 0.4) is 0 Å². The number of furan rings is 1. The Hall–Kier alpha value is -2.23. The van der Waals surface area contributed by atoms with Crippen molar-refractivity contribution in [3.63, 3.8) is 0 Å². The largest absolute Gasteiger partial charge is 0.472 e. The van der Waals surface area contributed by atoms with Gasteiger partial charge in [-0.05, 0) is 37.1 Å². The monoisotopic (exact) mass is 339 g/mol. The Morgan fingerprint density at radius 1 is 1.08 bits per heavy atom. The maximum absolute atomic E-state index is 5.26. The van der Waals surface area contributed by atoms with Crippen LogP contribution in [0.5, 0.6) is 0 Å². The van der Waals surface area contributed by atoms with Gasteiger partial charge in [0.1, 0.15) is 17.2 Å². The highest BCUT2D eigenvalue weighted by atomic mass is 16.3. The highest BCUT2D eigenvalue weighted by Gasteiger charge is 2.14. The van der Waals surface area contributed by atoms with Crippen LogP contribution in [0, 0.1) is 6.92 Å². The second-order valence-corrected chi connectivity index (χ2v) is 6.80. The molecule has 0 saturated heterocycles. The molecule has 0 aliphatic heterocycles. The van der Waals surface area contributed by atoms with E-state index >= 15 is 0 Å². The van der Waals surface area contributed by atoms with Gasteiger partial charge in [0.2, 0.25) is 0 Å². The number of imidazole rings is 1. The number of aryl methyl sites for hydroxylation is 1. The van der Waals surface area contributed by atoms with Crippen molar-refractivity contribution in [2.24, 2.45) is 0 Å². The van der Waals surface area contributed by atoms with Crippen LogP contribution < -0.4 is 5.32 Å². The Balaban J connectivity index is 1.64. The van der Waals surface area contributed by atoms with Crippen LogP contribution in [0.4, 0.5) is 5.82 Å². The van der Waals surface area contributed by atoms with Crippen molar-refractivity contribution in [1.29, 1.82) is 0 Å². The molecular weight excluding hydrogens is 310 g/mol. The van der Waals surface area contributed by atoms with Gasteiger partial charge in [-0.3, -0.25) is 4.40 Å². The minimum absolute atomic E-state index is 0.960. The van der Waals surface area contributed by atoms with E-state index in [9.17, 15) is 0 Å². The number of hydrogen-bond acceptors (Lipinski definition) is 3. The molecule has 0 amide bonds. The number of rotatable bonds is 10. The zero-order chi connectivity index (χ0) is 17.5. The van der Waals surface area contributed by atoms with Crippen molar-refractivity contribution in [3.05, 3.63) is 42.5 Å². The molecule has 0 radical (unpaired) electrons. The minimum atomic E-state index is 0.960. The van der Waals surface area contributed by atoms with Crippen molar-refractivity contribution < 1.29 is 4.42 Å². The molecule has 0 aliphatic rings. The number of hydrogen-bond donors (Lipinski definition) is 1. The summed E-state index contributed by atoms with van der Waals surface area (Å²) in [5.74, 6) is 1.06. The first-order valence-electron chi connectivity index (χ1n) is 9.54. The minimum Gasteiger partial charge on any atom is -0.472 e. The van der Waals surface area contributed by atoms with Crippen molar-refractivity contribution in [2.45, 2.75) is 58.8 Å². The molecule has 0 spiro atoms. The first-order chi connectivity index (χ1) is 12.3. The van der Waals surface area contributed by atoms with Gasteiger partial charge in [-0.2, -0.15) is 0 Å². The molecule has 3 rings (SSSR count). The third-order valence-corrected chi connectivity index (χ3v) is 4.65. The Kier molecular flexibility index (Phi) is 6.15. The topological polar surface area (TPSA) is 42.5 Å². The Morgan fingerprint density at radius 3 is 2.64 bits per heavy atom. The molecule has 0 saturated carbocycles. The number of aromatic nitrogens is 2. The smallest absolute Gasteiger partial charge is 0.139 e. The lowest BCUT2D eigenvalue weighted by Gasteiger charge is -2.08. The van der Waals surface area contributed by atoms with Crippen molar-refractivity contribution in [1.82, 2.24) is 9.38 Å². The van der Waals surface area contributed by atoms with Crippen LogP contribution in [0.25, 0.3) is 16.9 Å². The zero-order valence-electron chi connectivity index (χ0n) is 15.4. The molecule has 3 aromatic rings. The number of fused-ring (bicyclic) bond motifs is 1. The molecule has 0 unspecified atom stereocenters. The highest BCUT2D eigenvalue weighted by molar-refractivity contribution is 5.76. The maximum atomic E-state index is 5.26. The standard InChI is InChI=1S/C21H29N3O/c1-3-4-5-6-7-8-9-12-22-21-20(18-11-14-25-16-18)23-19-15-17(2)10-13-24(19)21/h10-11,13-16,22H,3-9,12H2,1-2H3. The van der Waals surface area contributed by atoms with Crippen LogP contribution in [-0.2, 0) is 0 Å². The van der Waals surface area contributed by atoms with Gasteiger partial charge in [0, 0.05) is 18.3 Å². The normalized spacial score (nSPS) is 11.3. The first-order valence-corrected chi connectivity index (χ1v) is 9.54. The molecule has 1 N–H and O–H groups in total. The van der Waals surface area contributed by atoms with Crippen LogP contribution in [0.2, 0.25) is 0 Å². The van der Waals surface area contributed by atoms with Crippen LogP contribution >= 0.6 is 0 Å². The third-order valence-electron chi connectivity index (χ3n) is 4.65. The summed E-state index contributed by atoms with van der Waals surface area (Å²) in [6, 6.07) is 6.20. The van der Waals surface area contributed by atoms with E-state index in [0.717, 1.165) is 29.3 Å². The number of anilines is 1. The van der Waals surface area contributed by atoms with E-state index in [2.05, 4.69) is 41.9 Å². The van der Waals surface area contributed by atoms with Gasteiger partial charge in [0.25, 0.3) is 0 Å². The van der Waals surface area contributed by atoms with Crippen LogP contribution in [-0.4, -0.2) is 15.9 Å². The summed E-state index contributed by atoms with van der Waals surface area (Å²) >= 11 is 0. The first kappa shape index (κ1) is 17.6. The van der Waals surface area contributed by atoms with Crippen molar-refractivity contribution in [2.75, 3.05) is 11.9 Å². The Morgan fingerprint density at radius 2 is 1.88 bits per heavy atom. The molecule has 0 bridgehead atoms. The molecule has 0 aliphatic carbocycles. The molecular formula is C21H29N3O. The fourth-order valence-electron chi connectivity index (χ4n) is 3.20. The second-order valence-electron chi connectivity index (χ2n) is 6.80. The summed E-state index contributed by atoms with van der Waals surface area (Å²) in [5.41, 5.74) is 4.17. The average molecular weight is 339 g/mol. The summed E-state index contributed by atoms with van der Waals surface area (Å²) < 4.78 is 7.39. The van der Waals surface area contributed by atoms with Gasteiger partial charge < -0.3 is 9.73 Å². The third kappa shape index (κ3) is 4.44. The molecule has 4 heteroatoms. The summed E-state index contributed by atoms with van der Waals surface area (Å²) in [4.78, 5) is 4.81. The van der Waals surface area contributed by atoms with E-state index in [0.29, 0.717) is 0 Å². The lowest BCUT2D eigenvalue weighted by molar-refractivity contribution is 0.568. The van der Waals surface area contributed by atoms with E-state index in [1.165, 1.54) is 50.5 Å². The molecule has 134 valence electrons. The predicted molar refractivity (Wildman–Crippen MR) is 104 cm³/mol. The van der Waals surface area contributed by atoms with Gasteiger partial charge in [0.05, 0.1) is 12.5 Å². The van der Waals surface area contributed by atoms with Crippen molar-refractivity contribution >= 4 is 11.5 Å². The van der Waals surface area contributed by atoms with Crippen LogP contribution in [0.1, 0.15) is 57.4 Å². The molecule has 4 nitrogen and oxygen atoms in total. The Labute approximate surface area is 150 Å². The quantitative estimate of drug-likeness (QED) is 0.456. The lowest BCUT2D eigenvalue weighted by atomic mass is 10.1. The highest BCUT2D eigenvalue weighted by Crippen LogP contribution is 2.29. The van der Waals surface area contributed by atoms with E-state index in [4.69, 9.17) is 9.40 Å². The van der Waals surface area contributed by atoms with Crippen LogP contribution in [0.15, 0.2) is 41.3 Å². The molecule has 0 aromatic carbocycles. The molecule has 3 aromatic heterocycles. The van der Waals surface area contributed by atoms with Gasteiger partial charge in [-0.15, -0.1) is 0 Å². The fraction of sp³-hybridized carbons (Fsp3) is 0.476. The fourth-order valence-corrected chi connectivity index (χ4v) is 3.20.